The molecule has 0 atom stereocenters. The number of imidazole rings is 1. The molecule has 2 rings (SSSR count). The van der Waals surface area contributed by atoms with Crippen LogP contribution in [0.25, 0.3) is 11.0 Å². The SMILES string of the molecule is CCCn1c(CCCN)nc2cc(C(F)(F)F)ccc21. The Bertz CT molecular complexity index is 587. The summed E-state index contributed by atoms with van der Waals surface area (Å²) in [7, 11) is 0. The second kappa shape index (κ2) is 5.83. The second-order valence-corrected chi connectivity index (χ2v) is 4.77. The molecule has 0 saturated heterocycles. The van der Waals surface area contributed by atoms with Crippen molar-refractivity contribution >= 4 is 11.0 Å². The van der Waals surface area contributed by atoms with Gasteiger partial charge in [-0.15, -0.1) is 0 Å². The number of benzene rings is 1. The van der Waals surface area contributed by atoms with Crippen molar-refractivity contribution < 1.29 is 13.2 Å². The van der Waals surface area contributed by atoms with E-state index in [4.69, 9.17) is 5.73 Å². The Kier molecular flexibility index (Phi) is 4.32. The molecule has 0 fully saturated rings. The number of halogens is 3. The summed E-state index contributed by atoms with van der Waals surface area (Å²) in [4.78, 5) is 4.35. The molecule has 1 heterocycles. The summed E-state index contributed by atoms with van der Waals surface area (Å²) in [6.07, 6.45) is -1.96. The van der Waals surface area contributed by atoms with Crippen molar-refractivity contribution in [3.05, 3.63) is 29.6 Å². The number of hydrogen-bond acceptors (Lipinski definition) is 2. The van der Waals surface area contributed by atoms with Crippen LogP contribution in [0.1, 0.15) is 31.2 Å². The van der Waals surface area contributed by atoms with Gasteiger partial charge in [0.2, 0.25) is 0 Å². The van der Waals surface area contributed by atoms with Crippen LogP contribution in [0.2, 0.25) is 0 Å². The van der Waals surface area contributed by atoms with Crippen LogP contribution in [0.15, 0.2) is 18.2 Å². The standard InChI is InChI=1S/C14H18F3N3/c1-2-8-20-12-6-5-10(14(15,16)17)9-11(12)19-13(20)4-3-7-18/h5-6,9H,2-4,7-8,18H2,1H3. The first-order chi connectivity index (χ1) is 9.47. The molecule has 0 spiro atoms. The molecule has 0 radical (unpaired) electrons. The van der Waals surface area contributed by atoms with Gasteiger partial charge in [-0.05, 0) is 37.6 Å². The Hall–Kier alpha value is -1.56. The normalized spacial score (nSPS) is 12.2. The van der Waals surface area contributed by atoms with Gasteiger partial charge in [0.05, 0.1) is 16.6 Å². The van der Waals surface area contributed by atoms with E-state index in [1.165, 1.54) is 6.07 Å². The summed E-state index contributed by atoms with van der Waals surface area (Å²) in [5.74, 6) is 0.812. The van der Waals surface area contributed by atoms with Gasteiger partial charge in [-0.25, -0.2) is 4.98 Å². The molecule has 0 bridgehead atoms. The van der Waals surface area contributed by atoms with Gasteiger partial charge in [0.25, 0.3) is 0 Å². The van der Waals surface area contributed by atoms with Crippen molar-refractivity contribution in [2.75, 3.05) is 6.54 Å². The summed E-state index contributed by atoms with van der Waals surface area (Å²) in [5, 5.41) is 0. The molecule has 0 aliphatic rings. The van der Waals surface area contributed by atoms with Crippen molar-refractivity contribution in [2.24, 2.45) is 5.73 Å². The number of hydrogen-bond donors (Lipinski definition) is 1. The van der Waals surface area contributed by atoms with Crippen molar-refractivity contribution in [2.45, 2.75) is 38.9 Å². The lowest BCUT2D eigenvalue weighted by molar-refractivity contribution is -0.137. The molecule has 6 heteroatoms. The maximum Gasteiger partial charge on any atom is 0.416 e. The van der Waals surface area contributed by atoms with Gasteiger partial charge < -0.3 is 10.3 Å². The third-order valence-electron chi connectivity index (χ3n) is 3.21. The van der Waals surface area contributed by atoms with Crippen LogP contribution in [-0.2, 0) is 19.1 Å². The Balaban J connectivity index is 2.49. The van der Waals surface area contributed by atoms with Gasteiger partial charge in [0, 0.05) is 13.0 Å². The summed E-state index contributed by atoms with van der Waals surface area (Å²) in [5.41, 5.74) is 5.99. The van der Waals surface area contributed by atoms with E-state index >= 15 is 0 Å². The van der Waals surface area contributed by atoms with Crippen LogP contribution in [0.5, 0.6) is 0 Å². The van der Waals surface area contributed by atoms with E-state index in [0.29, 0.717) is 18.5 Å². The molecular weight excluding hydrogens is 267 g/mol. The van der Waals surface area contributed by atoms with E-state index in [2.05, 4.69) is 4.98 Å². The molecule has 0 amide bonds. The first kappa shape index (κ1) is 14.8. The van der Waals surface area contributed by atoms with E-state index in [1.54, 1.807) is 0 Å². The zero-order chi connectivity index (χ0) is 14.8. The first-order valence-corrected chi connectivity index (χ1v) is 6.73. The molecular formula is C14H18F3N3. The quantitative estimate of drug-likeness (QED) is 0.915. The van der Waals surface area contributed by atoms with Crippen LogP contribution in [0.4, 0.5) is 13.2 Å². The molecule has 20 heavy (non-hydrogen) atoms. The third-order valence-corrected chi connectivity index (χ3v) is 3.21. The van der Waals surface area contributed by atoms with Crippen LogP contribution in [0, 0.1) is 0 Å². The number of rotatable bonds is 5. The maximum absolute atomic E-state index is 12.7. The highest BCUT2D eigenvalue weighted by Crippen LogP contribution is 2.31. The average Bonchev–Trinajstić information content (AvgIpc) is 2.73. The minimum Gasteiger partial charge on any atom is -0.330 e. The fraction of sp³-hybridized carbons (Fsp3) is 0.500. The summed E-state index contributed by atoms with van der Waals surface area (Å²) in [6.45, 7) is 3.33. The van der Waals surface area contributed by atoms with E-state index in [0.717, 1.165) is 42.9 Å². The van der Waals surface area contributed by atoms with Gasteiger partial charge in [0.15, 0.2) is 0 Å². The Labute approximate surface area is 115 Å². The Morgan fingerprint density at radius 2 is 2.05 bits per heavy atom. The minimum atomic E-state index is -4.33. The number of aryl methyl sites for hydroxylation is 2. The third kappa shape index (κ3) is 2.95. The zero-order valence-electron chi connectivity index (χ0n) is 11.4. The maximum atomic E-state index is 12.7. The van der Waals surface area contributed by atoms with Crippen molar-refractivity contribution in [1.29, 1.82) is 0 Å². The molecule has 1 aromatic heterocycles. The number of fused-ring (bicyclic) bond motifs is 1. The lowest BCUT2D eigenvalue weighted by atomic mass is 10.2. The van der Waals surface area contributed by atoms with Crippen LogP contribution in [0.3, 0.4) is 0 Å². The van der Waals surface area contributed by atoms with Crippen molar-refractivity contribution in [1.82, 2.24) is 9.55 Å². The van der Waals surface area contributed by atoms with Gasteiger partial charge >= 0.3 is 6.18 Å². The van der Waals surface area contributed by atoms with Crippen molar-refractivity contribution in [3.63, 3.8) is 0 Å². The second-order valence-electron chi connectivity index (χ2n) is 4.77. The van der Waals surface area contributed by atoms with Crippen LogP contribution >= 0.6 is 0 Å². The van der Waals surface area contributed by atoms with E-state index in [1.807, 2.05) is 11.5 Å². The summed E-state index contributed by atoms with van der Waals surface area (Å²) < 4.78 is 40.2. The van der Waals surface area contributed by atoms with Gasteiger partial charge in [-0.1, -0.05) is 6.92 Å². The molecule has 0 unspecified atom stereocenters. The Morgan fingerprint density at radius 3 is 2.65 bits per heavy atom. The number of alkyl halides is 3. The molecule has 110 valence electrons. The van der Waals surface area contributed by atoms with E-state index in [-0.39, 0.29) is 0 Å². The van der Waals surface area contributed by atoms with Crippen LogP contribution in [-0.4, -0.2) is 16.1 Å². The lowest BCUT2D eigenvalue weighted by Gasteiger charge is -2.08. The highest BCUT2D eigenvalue weighted by molar-refractivity contribution is 5.77. The smallest absolute Gasteiger partial charge is 0.330 e. The first-order valence-electron chi connectivity index (χ1n) is 6.73. The Morgan fingerprint density at radius 1 is 1.30 bits per heavy atom. The van der Waals surface area contributed by atoms with Crippen LogP contribution < -0.4 is 5.73 Å². The highest BCUT2D eigenvalue weighted by atomic mass is 19.4. The predicted octanol–water partition coefficient (Wildman–Crippen LogP) is 3.36. The van der Waals surface area contributed by atoms with E-state index < -0.39 is 11.7 Å². The molecule has 1 aromatic carbocycles. The average molecular weight is 285 g/mol. The van der Waals surface area contributed by atoms with Gasteiger partial charge in [-0.2, -0.15) is 13.2 Å². The van der Waals surface area contributed by atoms with Gasteiger partial charge in [0.1, 0.15) is 5.82 Å². The van der Waals surface area contributed by atoms with Gasteiger partial charge in [-0.3, -0.25) is 0 Å². The monoisotopic (exact) mass is 285 g/mol. The molecule has 0 aliphatic carbocycles. The number of nitrogens with zero attached hydrogens (tertiary/aromatic N) is 2. The number of nitrogens with two attached hydrogens (primary N) is 1. The highest BCUT2D eigenvalue weighted by Gasteiger charge is 2.31. The molecule has 3 nitrogen and oxygen atoms in total. The molecule has 0 aliphatic heterocycles. The predicted molar refractivity (Wildman–Crippen MR) is 72.4 cm³/mol. The number of aromatic nitrogens is 2. The zero-order valence-corrected chi connectivity index (χ0v) is 11.4. The fourth-order valence-electron chi connectivity index (χ4n) is 2.28. The fourth-order valence-corrected chi connectivity index (χ4v) is 2.28. The summed E-state index contributed by atoms with van der Waals surface area (Å²) in [6, 6.07) is 3.74. The molecule has 2 aromatic rings. The van der Waals surface area contributed by atoms with Crippen molar-refractivity contribution in [3.8, 4) is 0 Å². The minimum absolute atomic E-state index is 0.403. The molecule has 0 saturated carbocycles. The lowest BCUT2D eigenvalue weighted by Crippen LogP contribution is -2.07. The molecule has 2 N–H and O–H groups in total. The van der Waals surface area contributed by atoms with E-state index in [9.17, 15) is 13.2 Å². The topological polar surface area (TPSA) is 43.8 Å². The summed E-state index contributed by atoms with van der Waals surface area (Å²) >= 11 is 0. The largest absolute Gasteiger partial charge is 0.416 e.